The Morgan fingerprint density at radius 1 is 1.43 bits per heavy atom. The van der Waals surface area contributed by atoms with E-state index in [9.17, 15) is 4.79 Å². The molecular weight excluding hydrogens is 296 g/mol. The van der Waals surface area contributed by atoms with Gasteiger partial charge in [0.05, 0.1) is 37.0 Å². The zero-order valence-corrected chi connectivity index (χ0v) is 13.8. The standard InChI is InChI=1S/C16H22N4O3/c1-11(2)22-9-14-15-8-19(5-4-6-20(15)10-17-14)16(21)13-7-12(3)23-18-13/h7,10-11H,4-6,8-9H2,1-3H3. The molecule has 7 nitrogen and oxygen atoms in total. The van der Waals surface area contributed by atoms with Crippen LogP contribution in [0.3, 0.4) is 0 Å². The first-order chi connectivity index (χ1) is 11.0. The summed E-state index contributed by atoms with van der Waals surface area (Å²) in [5.41, 5.74) is 2.29. The Hall–Kier alpha value is -2.15. The summed E-state index contributed by atoms with van der Waals surface area (Å²) in [6.07, 6.45) is 2.87. The highest BCUT2D eigenvalue weighted by Gasteiger charge is 2.25. The van der Waals surface area contributed by atoms with Gasteiger partial charge in [0.15, 0.2) is 5.69 Å². The SMILES string of the molecule is Cc1cc(C(=O)N2CCCn3cnc(COC(C)C)c3C2)no1. The quantitative estimate of drug-likeness (QED) is 0.863. The van der Waals surface area contributed by atoms with Crippen molar-refractivity contribution in [2.24, 2.45) is 0 Å². The van der Waals surface area contributed by atoms with Crippen LogP contribution in [0.2, 0.25) is 0 Å². The van der Waals surface area contributed by atoms with Gasteiger partial charge in [-0.1, -0.05) is 5.16 Å². The lowest BCUT2D eigenvalue weighted by atomic mass is 10.2. The van der Waals surface area contributed by atoms with Crippen LogP contribution < -0.4 is 0 Å². The molecule has 0 unspecified atom stereocenters. The number of rotatable bonds is 4. The molecule has 7 heteroatoms. The van der Waals surface area contributed by atoms with Crippen LogP contribution in [0.25, 0.3) is 0 Å². The van der Waals surface area contributed by atoms with Gasteiger partial charge in [-0.3, -0.25) is 4.79 Å². The van der Waals surface area contributed by atoms with Crippen molar-refractivity contribution in [3.05, 3.63) is 35.2 Å². The molecule has 0 aliphatic carbocycles. The highest BCUT2D eigenvalue weighted by Crippen LogP contribution is 2.19. The van der Waals surface area contributed by atoms with Crippen LogP contribution in [0.1, 0.15) is 47.9 Å². The van der Waals surface area contributed by atoms with Gasteiger partial charge < -0.3 is 18.7 Å². The number of fused-ring (bicyclic) bond motifs is 1. The predicted octanol–water partition coefficient (Wildman–Crippen LogP) is 2.15. The van der Waals surface area contributed by atoms with Crippen molar-refractivity contribution >= 4 is 5.91 Å². The molecule has 0 fully saturated rings. The van der Waals surface area contributed by atoms with E-state index in [1.807, 2.05) is 20.2 Å². The van der Waals surface area contributed by atoms with Crippen LogP contribution >= 0.6 is 0 Å². The molecule has 124 valence electrons. The third-order valence-corrected chi connectivity index (χ3v) is 3.89. The minimum Gasteiger partial charge on any atom is -0.372 e. The van der Waals surface area contributed by atoms with E-state index >= 15 is 0 Å². The van der Waals surface area contributed by atoms with Gasteiger partial charge in [0.25, 0.3) is 5.91 Å². The average Bonchev–Trinajstić information content (AvgIpc) is 3.04. The monoisotopic (exact) mass is 318 g/mol. The van der Waals surface area contributed by atoms with Crippen molar-refractivity contribution in [2.45, 2.75) is 53.0 Å². The van der Waals surface area contributed by atoms with Gasteiger partial charge in [-0.05, 0) is 27.2 Å². The Morgan fingerprint density at radius 3 is 2.96 bits per heavy atom. The molecule has 3 heterocycles. The Morgan fingerprint density at radius 2 is 2.26 bits per heavy atom. The lowest BCUT2D eigenvalue weighted by molar-refractivity contribution is 0.0619. The van der Waals surface area contributed by atoms with Gasteiger partial charge in [0.1, 0.15) is 5.76 Å². The number of aromatic nitrogens is 3. The molecule has 2 aromatic heterocycles. The Bertz CT molecular complexity index is 689. The third-order valence-electron chi connectivity index (χ3n) is 3.89. The molecule has 3 rings (SSSR count). The van der Waals surface area contributed by atoms with Crippen LogP contribution in [0.5, 0.6) is 0 Å². The van der Waals surface area contributed by atoms with Crippen molar-refractivity contribution in [1.82, 2.24) is 19.6 Å². The van der Waals surface area contributed by atoms with Gasteiger partial charge in [0.2, 0.25) is 0 Å². The number of nitrogens with zero attached hydrogens (tertiary/aromatic N) is 4. The number of aryl methyl sites for hydroxylation is 2. The van der Waals surface area contributed by atoms with Gasteiger partial charge in [-0.15, -0.1) is 0 Å². The van der Waals surface area contributed by atoms with E-state index in [-0.39, 0.29) is 12.0 Å². The fraction of sp³-hybridized carbons (Fsp3) is 0.562. The molecule has 0 saturated carbocycles. The van der Waals surface area contributed by atoms with Crippen molar-refractivity contribution in [3.8, 4) is 0 Å². The minimum atomic E-state index is -0.104. The molecule has 1 aliphatic heterocycles. The normalized spacial score (nSPS) is 14.9. The molecule has 0 N–H and O–H groups in total. The third kappa shape index (κ3) is 3.44. The van der Waals surface area contributed by atoms with E-state index in [1.165, 1.54) is 0 Å². The predicted molar refractivity (Wildman–Crippen MR) is 82.7 cm³/mol. The topological polar surface area (TPSA) is 73.4 Å². The largest absolute Gasteiger partial charge is 0.372 e. The van der Waals surface area contributed by atoms with E-state index in [0.29, 0.717) is 31.2 Å². The summed E-state index contributed by atoms with van der Waals surface area (Å²) in [6.45, 7) is 8.30. The summed E-state index contributed by atoms with van der Waals surface area (Å²) < 4.78 is 12.8. The van der Waals surface area contributed by atoms with Gasteiger partial charge >= 0.3 is 0 Å². The number of imidazole rings is 1. The summed E-state index contributed by atoms with van der Waals surface area (Å²) in [4.78, 5) is 18.9. The first-order valence-corrected chi connectivity index (χ1v) is 7.91. The van der Waals surface area contributed by atoms with Crippen molar-refractivity contribution in [3.63, 3.8) is 0 Å². The molecular formula is C16H22N4O3. The maximum atomic E-state index is 12.6. The smallest absolute Gasteiger partial charge is 0.276 e. The maximum Gasteiger partial charge on any atom is 0.276 e. The molecule has 0 spiro atoms. The van der Waals surface area contributed by atoms with Crippen LogP contribution in [0.15, 0.2) is 16.9 Å². The fourth-order valence-corrected chi connectivity index (χ4v) is 2.68. The highest BCUT2D eigenvalue weighted by atomic mass is 16.5. The van der Waals surface area contributed by atoms with Gasteiger partial charge in [0, 0.05) is 19.2 Å². The number of carbonyl (C=O) groups excluding carboxylic acids is 1. The van der Waals surface area contributed by atoms with E-state index in [1.54, 1.807) is 17.9 Å². The number of ether oxygens (including phenoxy) is 1. The molecule has 2 aromatic rings. The maximum absolute atomic E-state index is 12.6. The molecule has 0 aromatic carbocycles. The summed E-state index contributed by atoms with van der Waals surface area (Å²) in [6, 6.07) is 1.67. The molecule has 0 bridgehead atoms. The van der Waals surface area contributed by atoms with Crippen LogP contribution in [-0.4, -0.2) is 38.2 Å². The minimum absolute atomic E-state index is 0.104. The number of hydrogen-bond acceptors (Lipinski definition) is 5. The Balaban J connectivity index is 1.79. The summed E-state index contributed by atoms with van der Waals surface area (Å²) in [5.74, 6) is 0.534. The van der Waals surface area contributed by atoms with E-state index in [2.05, 4.69) is 14.7 Å². The van der Waals surface area contributed by atoms with Crippen LogP contribution in [0, 0.1) is 6.92 Å². The Kier molecular flexibility index (Phi) is 4.47. The van der Waals surface area contributed by atoms with E-state index < -0.39 is 0 Å². The second-order valence-corrected chi connectivity index (χ2v) is 6.09. The van der Waals surface area contributed by atoms with Gasteiger partial charge in [-0.25, -0.2) is 4.98 Å². The first kappa shape index (κ1) is 15.7. The number of carbonyl (C=O) groups is 1. The number of hydrogen-bond donors (Lipinski definition) is 0. The summed E-state index contributed by atoms with van der Waals surface area (Å²) >= 11 is 0. The van der Waals surface area contributed by atoms with Crippen LogP contribution in [0.4, 0.5) is 0 Å². The lowest BCUT2D eigenvalue weighted by Crippen LogP contribution is -2.31. The second kappa shape index (κ2) is 6.54. The van der Waals surface area contributed by atoms with Crippen molar-refractivity contribution < 1.29 is 14.1 Å². The molecule has 0 radical (unpaired) electrons. The molecule has 1 aliphatic rings. The molecule has 0 saturated heterocycles. The second-order valence-electron chi connectivity index (χ2n) is 6.09. The lowest BCUT2D eigenvalue weighted by Gasteiger charge is -2.19. The zero-order valence-electron chi connectivity index (χ0n) is 13.8. The molecule has 0 atom stereocenters. The highest BCUT2D eigenvalue weighted by molar-refractivity contribution is 5.92. The molecule has 1 amide bonds. The van der Waals surface area contributed by atoms with Crippen LogP contribution in [-0.2, 0) is 24.4 Å². The summed E-state index contributed by atoms with van der Waals surface area (Å²) in [7, 11) is 0. The summed E-state index contributed by atoms with van der Waals surface area (Å²) in [5, 5.41) is 3.83. The average molecular weight is 318 g/mol. The van der Waals surface area contributed by atoms with Crippen molar-refractivity contribution in [2.75, 3.05) is 6.54 Å². The van der Waals surface area contributed by atoms with E-state index in [0.717, 1.165) is 24.4 Å². The fourth-order valence-electron chi connectivity index (χ4n) is 2.68. The number of amides is 1. The Labute approximate surface area is 135 Å². The first-order valence-electron chi connectivity index (χ1n) is 7.91. The van der Waals surface area contributed by atoms with Crippen molar-refractivity contribution in [1.29, 1.82) is 0 Å². The van der Waals surface area contributed by atoms with Gasteiger partial charge in [-0.2, -0.15) is 0 Å². The van der Waals surface area contributed by atoms with E-state index in [4.69, 9.17) is 9.26 Å². The zero-order chi connectivity index (χ0) is 16.4. The molecule has 23 heavy (non-hydrogen) atoms.